The molecule has 0 amide bonds. The second kappa shape index (κ2) is 4.25. The van der Waals surface area contributed by atoms with Crippen molar-refractivity contribution in [3.05, 3.63) is 5.51 Å². The zero-order chi connectivity index (χ0) is 11.8. The van der Waals surface area contributed by atoms with Crippen molar-refractivity contribution >= 4 is 22.4 Å². The molecule has 6 heteroatoms. The van der Waals surface area contributed by atoms with E-state index < -0.39 is 5.97 Å². The number of carboxylic acids is 1. The van der Waals surface area contributed by atoms with Crippen LogP contribution < -0.4 is 4.90 Å². The standard InChI is InChI=1S/C11H15N3O2S/c15-10(16)5-7-3-8-1-2-9(4-7)14(8)11-13-12-6-17-11/h6-9H,1-5H2,(H,15,16). The molecule has 17 heavy (non-hydrogen) atoms. The molecular weight excluding hydrogens is 238 g/mol. The van der Waals surface area contributed by atoms with Gasteiger partial charge in [-0.3, -0.25) is 4.79 Å². The van der Waals surface area contributed by atoms with E-state index in [4.69, 9.17) is 5.11 Å². The van der Waals surface area contributed by atoms with Crippen molar-refractivity contribution in [2.45, 2.75) is 44.2 Å². The van der Waals surface area contributed by atoms with Crippen molar-refractivity contribution in [2.24, 2.45) is 5.92 Å². The summed E-state index contributed by atoms with van der Waals surface area (Å²) in [4.78, 5) is 13.1. The number of aromatic nitrogens is 2. The first kappa shape index (κ1) is 11.0. The topological polar surface area (TPSA) is 66.3 Å². The normalized spacial score (nSPS) is 31.8. The number of aliphatic carboxylic acids is 1. The number of carbonyl (C=O) groups is 1. The molecule has 0 radical (unpaired) electrons. The van der Waals surface area contributed by atoms with Gasteiger partial charge in [0.25, 0.3) is 0 Å². The maximum Gasteiger partial charge on any atom is 0.303 e. The Labute approximate surface area is 103 Å². The molecule has 2 saturated heterocycles. The average molecular weight is 253 g/mol. The van der Waals surface area contributed by atoms with Gasteiger partial charge in [-0.25, -0.2) is 0 Å². The number of piperidine rings is 1. The highest BCUT2D eigenvalue weighted by Crippen LogP contribution is 2.42. The Hall–Kier alpha value is -1.17. The second-order valence-corrected chi connectivity index (χ2v) is 5.76. The van der Waals surface area contributed by atoms with E-state index in [1.54, 1.807) is 16.8 Å². The summed E-state index contributed by atoms with van der Waals surface area (Å²) in [5.74, 6) is -0.326. The molecule has 2 atom stereocenters. The summed E-state index contributed by atoms with van der Waals surface area (Å²) in [6, 6.07) is 0.956. The summed E-state index contributed by atoms with van der Waals surface area (Å²) >= 11 is 1.58. The molecule has 2 bridgehead atoms. The molecule has 92 valence electrons. The fourth-order valence-corrected chi connectivity index (χ4v) is 4.00. The van der Waals surface area contributed by atoms with Crippen LogP contribution in [0.3, 0.4) is 0 Å². The van der Waals surface area contributed by atoms with Gasteiger partial charge in [0, 0.05) is 18.5 Å². The predicted octanol–water partition coefficient (Wildman–Crippen LogP) is 1.76. The third kappa shape index (κ3) is 2.01. The van der Waals surface area contributed by atoms with E-state index in [-0.39, 0.29) is 0 Å². The van der Waals surface area contributed by atoms with E-state index in [0.717, 1.165) is 18.0 Å². The molecule has 1 aromatic heterocycles. The van der Waals surface area contributed by atoms with Crippen molar-refractivity contribution in [3.63, 3.8) is 0 Å². The number of hydrogen-bond donors (Lipinski definition) is 1. The highest BCUT2D eigenvalue weighted by molar-refractivity contribution is 7.13. The van der Waals surface area contributed by atoms with Crippen LogP contribution in [0.5, 0.6) is 0 Å². The zero-order valence-electron chi connectivity index (χ0n) is 9.45. The molecule has 2 aliphatic heterocycles. The quantitative estimate of drug-likeness (QED) is 0.889. The Morgan fingerprint density at radius 1 is 1.47 bits per heavy atom. The summed E-state index contributed by atoms with van der Waals surface area (Å²) in [6.07, 6.45) is 4.63. The number of anilines is 1. The number of rotatable bonds is 3. The maximum absolute atomic E-state index is 10.8. The van der Waals surface area contributed by atoms with Gasteiger partial charge in [0.1, 0.15) is 5.51 Å². The van der Waals surface area contributed by atoms with Crippen LogP contribution in [0.25, 0.3) is 0 Å². The molecule has 0 aromatic carbocycles. The van der Waals surface area contributed by atoms with Crippen LogP contribution in [0.2, 0.25) is 0 Å². The van der Waals surface area contributed by atoms with Crippen molar-refractivity contribution in [3.8, 4) is 0 Å². The van der Waals surface area contributed by atoms with Crippen molar-refractivity contribution in [1.82, 2.24) is 10.2 Å². The molecule has 2 fully saturated rings. The maximum atomic E-state index is 10.8. The Morgan fingerprint density at radius 2 is 2.18 bits per heavy atom. The lowest BCUT2D eigenvalue weighted by Crippen LogP contribution is -2.43. The lowest BCUT2D eigenvalue weighted by molar-refractivity contribution is -0.138. The number of nitrogens with zero attached hydrogens (tertiary/aromatic N) is 3. The van der Waals surface area contributed by atoms with Gasteiger partial charge in [0.2, 0.25) is 5.13 Å². The number of hydrogen-bond acceptors (Lipinski definition) is 5. The highest BCUT2D eigenvalue weighted by Gasteiger charge is 2.42. The molecule has 0 aliphatic carbocycles. The lowest BCUT2D eigenvalue weighted by Gasteiger charge is -2.38. The Morgan fingerprint density at radius 3 is 2.71 bits per heavy atom. The SMILES string of the molecule is O=C(O)CC1CC2CCC(C1)N2c1nncs1. The summed E-state index contributed by atoms with van der Waals surface area (Å²) in [5.41, 5.74) is 1.76. The van der Waals surface area contributed by atoms with E-state index in [9.17, 15) is 4.79 Å². The first-order valence-electron chi connectivity index (χ1n) is 6.00. The van der Waals surface area contributed by atoms with Crippen molar-refractivity contribution in [1.29, 1.82) is 0 Å². The summed E-state index contributed by atoms with van der Waals surface area (Å²) in [5, 5.41) is 17.9. The fraction of sp³-hybridized carbons (Fsp3) is 0.727. The van der Waals surface area contributed by atoms with Gasteiger partial charge in [-0.15, -0.1) is 10.2 Å². The van der Waals surface area contributed by atoms with Crippen LogP contribution in [-0.4, -0.2) is 33.4 Å². The van der Waals surface area contributed by atoms with Gasteiger partial charge in [0.05, 0.1) is 0 Å². The molecule has 1 N–H and O–H groups in total. The van der Waals surface area contributed by atoms with Gasteiger partial charge in [-0.05, 0) is 31.6 Å². The number of carboxylic acid groups (broad SMARTS) is 1. The van der Waals surface area contributed by atoms with E-state index in [1.807, 2.05) is 0 Å². The van der Waals surface area contributed by atoms with Gasteiger partial charge < -0.3 is 10.0 Å². The molecule has 2 aliphatic rings. The van der Waals surface area contributed by atoms with Gasteiger partial charge in [-0.1, -0.05) is 11.3 Å². The molecule has 3 rings (SSSR count). The Bertz CT molecular complexity index is 395. The molecule has 2 unspecified atom stereocenters. The second-order valence-electron chi connectivity index (χ2n) is 4.95. The molecule has 0 saturated carbocycles. The van der Waals surface area contributed by atoms with Crippen LogP contribution in [0.1, 0.15) is 32.1 Å². The van der Waals surface area contributed by atoms with Crippen molar-refractivity contribution < 1.29 is 9.90 Å². The Balaban J connectivity index is 1.74. The molecule has 1 aromatic rings. The fourth-order valence-electron chi connectivity index (χ4n) is 3.30. The van der Waals surface area contributed by atoms with Crippen molar-refractivity contribution in [2.75, 3.05) is 4.90 Å². The lowest BCUT2D eigenvalue weighted by atomic mass is 9.88. The van der Waals surface area contributed by atoms with Crippen LogP contribution in [0.4, 0.5) is 5.13 Å². The van der Waals surface area contributed by atoms with E-state index >= 15 is 0 Å². The first-order chi connectivity index (χ1) is 8.24. The van der Waals surface area contributed by atoms with Gasteiger partial charge >= 0.3 is 5.97 Å². The van der Waals surface area contributed by atoms with E-state index in [1.165, 1.54) is 12.8 Å². The average Bonchev–Trinajstić information content (AvgIpc) is 2.84. The summed E-state index contributed by atoms with van der Waals surface area (Å²) in [6.45, 7) is 0. The third-order valence-corrected chi connectivity index (χ3v) is 4.57. The minimum Gasteiger partial charge on any atom is -0.481 e. The molecule has 3 heterocycles. The minimum absolute atomic E-state index is 0.316. The largest absolute Gasteiger partial charge is 0.481 e. The van der Waals surface area contributed by atoms with Gasteiger partial charge in [0.15, 0.2) is 0 Å². The Kier molecular flexibility index (Phi) is 2.74. The number of fused-ring (bicyclic) bond motifs is 2. The van der Waals surface area contributed by atoms with Crippen LogP contribution in [0, 0.1) is 5.92 Å². The zero-order valence-corrected chi connectivity index (χ0v) is 10.3. The summed E-state index contributed by atoms with van der Waals surface area (Å²) in [7, 11) is 0. The third-order valence-electron chi connectivity index (χ3n) is 3.86. The molecular formula is C11H15N3O2S. The van der Waals surface area contributed by atoms with Crippen LogP contribution in [-0.2, 0) is 4.79 Å². The summed E-state index contributed by atoms with van der Waals surface area (Å²) < 4.78 is 0. The predicted molar refractivity (Wildman–Crippen MR) is 64.2 cm³/mol. The molecule has 0 spiro atoms. The highest BCUT2D eigenvalue weighted by atomic mass is 32.1. The monoisotopic (exact) mass is 253 g/mol. The van der Waals surface area contributed by atoms with E-state index in [2.05, 4.69) is 15.1 Å². The van der Waals surface area contributed by atoms with Crippen LogP contribution in [0.15, 0.2) is 5.51 Å². The van der Waals surface area contributed by atoms with Gasteiger partial charge in [-0.2, -0.15) is 0 Å². The van der Waals surface area contributed by atoms with Crippen LogP contribution >= 0.6 is 11.3 Å². The smallest absolute Gasteiger partial charge is 0.303 e. The molecule has 5 nitrogen and oxygen atoms in total. The minimum atomic E-state index is -0.668. The van der Waals surface area contributed by atoms with E-state index in [0.29, 0.717) is 24.4 Å². The first-order valence-corrected chi connectivity index (χ1v) is 6.88.